The van der Waals surface area contributed by atoms with Gasteiger partial charge in [-0.1, -0.05) is 30.3 Å². The predicted octanol–water partition coefficient (Wildman–Crippen LogP) is 2.94. The maximum Gasteiger partial charge on any atom is 0.255 e. The molecule has 2 aromatic rings. The second kappa shape index (κ2) is 5.07. The molecular weight excluding hydrogens is 212 g/mol. The van der Waals surface area contributed by atoms with E-state index in [1.165, 1.54) is 6.21 Å². The van der Waals surface area contributed by atoms with Crippen LogP contribution in [0.1, 0.15) is 15.9 Å². The van der Waals surface area contributed by atoms with E-state index in [-0.39, 0.29) is 5.91 Å². The fraction of sp³-hybridized carbons (Fsp3) is 0. The fourth-order valence-electron chi connectivity index (χ4n) is 1.49. The molecule has 0 saturated carbocycles. The molecule has 3 heteroatoms. The van der Waals surface area contributed by atoms with Crippen molar-refractivity contribution < 1.29 is 4.79 Å². The largest absolute Gasteiger partial charge is 0.322 e. The summed E-state index contributed by atoms with van der Waals surface area (Å²) in [7, 11) is 0. The topological polar surface area (TPSA) is 53.0 Å². The number of amides is 1. The summed E-state index contributed by atoms with van der Waals surface area (Å²) in [6.07, 6.45) is 1.22. The van der Waals surface area contributed by atoms with Gasteiger partial charge in [0.25, 0.3) is 5.91 Å². The minimum absolute atomic E-state index is 0.167. The molecule has 0 fully saturated rings. The summed E-state index contributed by atoms with van der Waals surface area (Å²) in [5, 5.41) is 9.94. The van der Waals surface area contributed by atoms with Crippen LogP contribution in [0.2, 0.25) is 0 Å². The van der Waals surface area contributed by atoms with Gasteiger partial charge in [-0.25, -0.2) is 0 Å². The first-order chi connectivity index (χ1) is 8.29. The van der Waals surface area contributed by atoms with Crippen LogP contribution in [0.25, 0.3) is 0 Å². The van der Waals surface area contributed by atoms with Crippen molar-refractivity contribution in [3.8, 4) is 0 Å². The third-order valence-corrected chi connectivity index (χ3v) is 2.35. The Bertz CT molecular complexity index is 535. The summed E-state index contributed by atoms with van der Waals surface area (Å²) in [4.78, 5) is 11.9. The van der Waals surface area contributed by atoms with Crippen LogP contribution in [0, 0.1) is 5.41 Å². The first kappa shape index (κ1) is 11.1. The van der Waals surface area contributed by atoms with Crippen LogP contribution in [-0.2, 0) is 0 Å². The summed E-state index contributed by atoms with van der Waals surface area (Å²) in [6, 6.07) is 16.2. The number of anilines is 1. The Kier molecular flexibility index (Phi) is 3.31. The van der Waals surface area contributed by atoms with Crippen molar-refractivity contribution >= 4 is 17.8 Å². The molecule has 0 heterocycles. The molecule has 2 N–H and O–H groups in total. The Morgan fingerprint density at radius 3 is 2.53 bits per heavy atom. The zero-order valence-electron chi connectivity index (χ0n) is 9.18. The van der Waals surface area contributed by atoms with Gasteiger partial charge in [0.1, 0.15) is 0 Å². The smallest absolute Gasteiger partial charge is 0.255 e. The highest BCUT2D eigenvalue weighted by Gasteiger charge is 2.05. The quantitative estimate of drug-likeness (QED) is 0.774. The maximum absolute atomic E-state index is 11.9. The van der Waals surface area contributed by atoms with Crippen molar-refractivity contribution in [3.63, 3.8) is 0 Å². The Labute approximate surface area is 99.6 Å². The lowest BCUT2D eigenvalue weighted by Crippen LogP contribution is -2.11. The molecule has 0 aliphatic carbocycles. The van der Waals surface area contributed by atoms with Crippen molar-refractivity contribution in [3.05, 3.63) is 65.7 Å². The number of para-hydroxylation sites is 1. The van der Waals surface area contributed by atoms with E-state index in [1.807, 2.05) is 30.3 Å². The van der Waals surface area contributed by atoms with Crippen LogP contribution >= 0.6 is 0 Å². The predicted molar refractivity (Wildman–Crippen MR) is 68.7 cm³/mol. The zero-order chi connectivity index (χ0) is 12.1. The van der Waals surface area contributed by atoms with Gasteiger partial charge in [-0.3, -0.25) is 4.79 Å². The molecule has 0 unspecified atom stereocenters. The lowest BCUT2D eigenvalue weighted by Gasteiger charge is -2.05. The van der Waals surface area contributed by atoms with Gasteiger partial charge in [0.2, 0.25) is 0 Å². The molecule has 0 radical (unpaired) electrons. The second-order valence-corrected chi connectivity index (χ2v) is 3.59. The molecular formula is C14H12N2O. The van der Waals surface area contributed by atoms with E-state index in [2.05, 4.69) is 5.32 Å². The van der Waals surface area contributed by atoms with Gasteiger partial charge in [0.05, 0.1) is 0 Å². The molecule has 0 spiro atoms. The van der Waals surface area contributed by atoms with Crippen molar-refractivity contribution in [1.29, 1.82) is 5.41 Å². The number of rotatable bonds is 3. The van der Waals surface area contributed by atoms with Crippen LogP contribution in [0.3, 0.4) is 0 Å². The molecule has 17 heavy (non-hydrogen) atoms. The molecule has 0 atom stereocenters. The van der Waals surface area contributed by atoms with Crippen molar-refractivity contribution in [2.24, 2.45) is 0 Å². The fourth-order valence-corrected chi connectivity index (χ4v) is 1.49. The van der Waals surface area contributed by atoms with Gasteiger partial charge in [0.15, 0.2) is 0 Å². The first-order valence-electron chi connectivity index (χ1n) is 5.26. The van der Waals surface area contributed by atoms with Gasteiger partial charge in [0, 0.05) is 17.5 Å². The number of nitrogens with one attached hydrogen (secondary N) is 2. The van der Waals surface area contributed by atoms with Crippen molar-refractivity contribution in [2.45, 2.75) is 0 Å². The third-order valence-electron chi connectivity index (χ3n) is 2.35. The molecule has 0 saturated heterocycles. The molecule has 2 aromatic carbocycles. The number of carbonyl (C=O) groups excluding carboxylic acids is 1. The monoisotopic (exact) mass is 224 g/mol. The number of carbonyl (C=O) groups is 1. The number of hydrogen-bond acceptors (Lipinski definition) is 2. The molecule has 0 aliphatic rings. The van der Waals surface area contributed by atoms with Crippen LogP contribution in [0.5, 0.6) is 0 Å². The summed E-state index contributed by atoms with van der Waals surface area (Å²) >= 11 is 0. The minimum Gasteiger partial charge on any atom is -0.322 e. The standard InChI is InChI=1S/C14H12N2O/c15-10-11-5-4-6-12(9-11)14(17)16-13-7-2-1-3-8-13/h1-10,15H,(H,16,17). The van der Waals surface area contributed by atoms with E-state index in [1.54, 1.807) is 24.3 Å². The van der Waals surface area contributed by atoms with E-state index in [0.717, 1.165) is 5.69 Å². The summed E-state index contributed by atoms with van der Waals surface area (Å²) < 4.78 is 0. The van der Waals surface area contributed by atoms with E-state index in [4.69, 9.17) is 5.41 Å². The Morgan fingerprint density at radius 2 is 1.82 bits per heavy atom. The Hall–Kier alpha value is -2.42. The lowest BCUT2D eigenvalue weighted by atomic mass is 10.1. The maximum atomic E-state index is 11.9. The number of hydrogen-bond donors (Lipinski definition) is 2. The molecule has 1 amide bonds. The normalized spacial score (nSPS) is 9.65. The van der Waals surface area contributed by atoms with Crippen molar-refractivity contribution in [2.75, 3.05) is 5.32 Å². The molecule has 3 nitrogen and oxygen atoms in total. The van der Waals surface area contributed by atoms with E-state index < -0.39 is 0 Å². The van der Waals surface area contributed by atoms with E-state index in [0.29, 0.717) is 11.1 Å². The zero-order valence-corrected chi connectivity index (χ0v) is 9.18. The van der Waals surface area contributed by atoms with Crippen LogP contribution < -0.4 is 5.32 Å². The second-order valence-electron chi connectivity index (χ2n) is 3.59. The summed E-state index contributed by atoms with van der Waals surface area (Å²) in [6.45, 7) is 0. The molecule has 0 aliphatic heterocycles. The molecule has 0 aromatic heterocycles. The minimum atomic E-state index is -0.167. The molecule has 2 rings (SSSR count). The van der Waals surface area contributed by atoms with E-state index in [9.17, 15) is 4.79 Å². The summed E-state index contributed by atoms with van der Waals surface area (Å²) in [5.41, 5.74) is 2.03. The molecule has 0 bridgehead atoms. The SMILES string of the molecule is N=Cc1cccc(C(=O)Nc2ccccc2)c1. The highest BCUT2D eigenvalue weighted by molar-refractivity contribution is 6.05. The highest BCUT2D eigenvalue weighted by atomic mass is 16.1. The van der Waals surface area contributed by atoms with Crippen LogP contribution in [0.4, 0.5) is 5.69 Å². The Balaban J connectivity index is 2.17. The third kappa shape index (κ3) is 2.78. The van der Waals surface area contributed by atoms with Gasteiger partial charge >= 0.3 is 0 Å². The average molecular weight is 224 g/mol. The number of benzene rings is 2. The van der Waals surface area contributed by atoms with Crippen LogP contribution in [-0.4, -0.2) is 12.1 Å². The lowest BCUT2D eigenvalue weighted by molar-refractivity contribution is 0.102. The average Bonchev–Trinajstić information content (AvgIpc) is 2.40. The molecule has 84 valence electrons. The van der Waals surface area contributed by atoms with Crippen LogP contribution in [0.15, 0.2) is 54.6 Å². The first-order valence-corrected chi connectivity index (χ1v) is 5.26. The van der Waals surface area contributed by atoms with Gasteiger partial charge < -0.3 is 10.7 Å². The van der Waals surface area contributed by atoms with Gasteiger partial charge in [-0.15, -0.1) is 0 Å². The van der Waals surface area contributed by atoms with E-state index >= 15 is 0 Å². The van der Waals surface area contributed by atoms with Gasteiger partial charge in [-0.2, -0.15) is 0 Å². The van der Waals surface area contributed by atoms with Gasteiger partial charge in [-0.05, 0) is 29.8 Å². The Morgan fingerprint density at radius 1 is 1.06 bits per heavy atom. The van der Waals surface area contributed by atoms with Crippen molar-refractivity contribution in [1.82, 2.24) is 0 Å². The highest BCUT2D eigenvalue weighted by Crippen LogP contribution is 2.09. The summed E-state index contributed by atoms with van der Waals surface area (Å²) in [5.74, 6) is -0.167.